The summed E-state index contributed by atoms with van der Waals surface area (Å²) >= 11 is 3.30. The molecular formula is C17H15BrF3N5O. The SMILES string of the molecule is Cc1ccc(Cn2cc(Br)c(NC(=O)c3cc(C(F)(F)F)nn3C)n2)cc1. The number of hydrogen-bond donors (Lipinski definition) is 1. The predicted molar refractivity (Wildman–Crippen MR) is 96.4 cm³/mol. The van der Waals surface area contributed by atoms with E-state index in [1.807, 2.05) is 31.2 Å². The van der Waals surface area contributed by atoms with E-state index in [-0.39, 0.29) is 11.5 Å². The average molecular weight is 442 g/mol. The van der Waals surface area contributed by atoms with Gasteiger partial charge in [0, 0.05) is 19.3 Å². The number of rotatable bonds is 4. The largest absolute Gasteiger partial charge is 0.435 e. The van der Waals surface area contributed by atoms with Gasteiger partial charge in [0.05, 0.1) is 11.0 Å². The summed E-state index contributed by atoms with van der Waals surface area (Å²) in [4.78, 5) is 12.3. The van der Waals surface area contributed by atoms with Crippen LogP contribution in [0.15, 0.2) is 41.0 Å². The zero-order valence-electron chi connectivity index (χ0n) is 14.4. The van der Waals surface area contributed by atoms with Crippen LogP contribution in [0.25, 0.3) is 0 Å². The third-order valence-electron chi connectivity index (χ3n) is 3.82. The Morgan fingerprint density at radius 3 is 2.48 bits per heavy atom. The van der Waals surface area contributed by atoms with Gasteiger partial charge >= 0.3 is 6.18 Å². The van der Waals surface area contributed by atoms with E-state index in [9.17, 15) is 18.0 Å². The highest BCUT2D eigenvalue weighted by Gasteiger charge is 2.35. The number of halogens is 4. The average Bonchev–Trinajstić information content (AvgIpc) is 3.12. The maximum absolute atomic E-state index is 12.7. The molecule has 1 N–H and O–H groups in total. The van der Waals surface area contributed by atoms with Crippen LogP contribution in [0.2, 0.25) is 0 Å². The van der Waals surface area contributed by atoms with E-state index in [0.717, 1.165) is 15.8 Å². The van der Waals surface area contributed by atoms with Crippen molar-refractivity contribution in [1.82, 2.24) is 19.6 Å². The Balaban J connectivity index is 1.76. The Morgan fingerprint density at radius 1 is 1.22 bits per heavy atom. The Kier molecular flexibility index (Phi) is 5.09. The van der Waals surface area contributed by atoms with Gasteiger partial charge in [-0.2, -0.15) is 23.4 Å². The Bertz CT molecular complexity index is 976. The summed E-state index contributed by atoms with van der Waals surface area (Å²) in [6.07, 6.45) is -2.94. The zero-order valence-corrected chi connectivity index (χ0v) is 16.0. The lowest BCUT2D eigenvalue weighted by molar-refractivity contribution is -0.141. The summed E-state index contributed by atoms with van der Waals surface area (Å²) in [7, 11) is 1.27. The number of amides is 1. The Hall–Kier alpha value is -2.62. The first-order chi connectivity index (χ1) is 12.6. The van der Waals surface area contributed by atoms with Gasteiger partial charge in [0.2, 0.25) is 0 Å². The van der Waals surface area contributed by atoms with E-state index in [0.29, 0.717) is 17.1 Å². The molecule has 27 heavy (non-hydrogen) atoms. The predicted octanol–water partition coefficient (Wildman–Crippen LogP) is 4.01. The first-order valence-corrected chi connectivity index (χ1v) is 8.64. The maximum Gasteiger partial charge on any atom is 0.435 e. The molecule has 1 aromatic carbocycles. The molecule has 0 spiro atoms. The standard InChI is InChI=1S/C17H15BrF3N5O/c1-10-3-5-11(6-4-10)8-26-9-12(18)15(24-26)22-16(27)13-7-14(17(19,20)21)23-25(13)2/h3-7,9H,8H2,1-2H3,(H,22,24,27). The molecule has 3 rings (SSSR count). The number of nitrogens with one attached hydrogen (secondary N) is 1. The second-order valence-corrected chi connectivity index (χ2v) is 6.85. The molecule has 0 aliphatic carbocycles. The van der Waals surface area contributed by atoms with Crippen LogP contribution in [0.5, 0.6) is 0 Å². The van der Waals surface area contributed by atoms with Gasteiger partial charge in [0.1, 0.15) is 5.69 Å². The fourth-order valence-electron chi connectivity index (χ4n) is 2.43. The van der Waals surface area contributed by atoms with Crippen molar-refractivity contribution in [1.29, 1.82) is 0 Å². The molecule has 142 valence electrons. The first-order valence-electron chi connectivity index (χ1n) is 7.84. The molecule has 0 bridgehead atoms. The fourth-order valence-corrected chi connectivity index (χ4v) is 2.85. The summed E-state index contributed by atoms with van der Waals surface area (Å²) < 4.78 is 41.2. The lowest BCUT2D eigenvalue weighted by Crippen LogP contribution is -2.17. The van der Waals surface area contributed by atoms with Crippen molar-refractivity contribution >= 4 is 27.7 Å². The molecule has 0 unspecified atom stereocenters. The van der Waals surface area contributed by atoms with Crippen LogP contribution in [0.3, 0.4) is 0 Å². The van der Waals surface area contributed by atoms with Crippen LogP contribution in [0, 0.1) is 6.92 Å². The van der Waals surface area contributed by atoms with Gasteiger partial charge in [-0.15, -0.1) is 0 Å². The van der Waals surface area contributed by atoms with Gasteiger partial charge in [-0.1, -0.05) is 29.8 Å². The van der Waals surface area contributed by atoms with E-state index in [1.165, 1.54) is 7.05 Å². The molecule has 0 atom stereocenters. The molecule has 0 aliphatic rings. The van der Waals surface area contributed by atoms with Gasteiger partial charge < -0.3 is 5.32 Å². The maximum atomic E-state index is 12.7. The lowest BCUT2D eigenvalue weighted by atomic mass is 10.1. The molecule has 3 aromatic rings. The molecule has 10 heteroatoms. The first kappa shape index (κ1) is 19.2. The highest BCUT2D eigenvalue weighted by Crippen LogP contribution is 2.29. The van der Waals surface area contributed by atoms with Crippen LogP contribution in [-0.4, -0.2) is 25.5 Å². The van der Waals surface area contributed by atoms with Gasteiger partial charge in [0.15, 0.2) is 11.5 Å². The van der Waals surface area contributed by atoms with Crippen molar-refractivity contribution in [3.05, 3.63) is 63.5 Å². The fraction of sp³-hybridized carbons (Fsp3) is 0.235. The van der Waals surface area contributed by atoms with Gasteiger partial charge in [-0.05, 0) is 28.4 Å². The Labute approximate surface area is 161 Å². The minimum absolute atomic E-state index is 0.210. The number of nitrogens with zero attached hydrogens (tertiary/aromatic N) is 4. The van der Waals surface area contributed by atoms with E-state index in [1.54, 1.807) is 10.9 Å². The highest BCUT2D eigenvalue weighted by molar-refractivity contribution is 9.10. The number of anilines is 1. The molecule has 0 aliphatic heterocycles. The molecule has 0 saturated carbocycles. The minimum Gasteiger partial charge on any atom is -0.303 e. The van der Waals surface area contributed by atoms with E-state index < -0.39 is 17.8 Å². The van der Waals surface area contributed by atoms with Crippen molar-refractivity contribution in [2.45, 2.75) is 19.6 Å². The van der Waals surface area contributed by atoms with Gasteiger partial charge in [-0.3, -0.25) is 14.2 Å². The molecule has 0 saturated heterocycles. The summed E-state index contributed by atoms with van der Waals surface area (Å²) in [5, 5.41) is 10.1. The van der Waals surface area contributed by atoms with Crippen LogP contribution >= 0.6 is 15.9 Å². The Morgan fingerprint density at radius 2 is 1.89 bits per heavy atom. The number of aromatic nitrogens is 4. The molecule has 0 fully saturated rings. The van der Waals surface area contributed by atoms with E-state index in [4.69, 9.17) is 0 Å². The molecule has 1 amide bonds. The van der Waals surface area contributed by atoms with E-state index in [2.05, 4.69) is 31.4 Å². The van der Waals surface area contributed by atoms with Crippen molar-refractivity contribution < 1.29 is 18.0 Å². The normalized spacial score (nSPS) is 11.6. The highest BCUT2D eigenvalue weighted by atomic mass is 79.9. The van der Waals surface area contributed by atoms with Gasteiger partial charge in [-0.25, -0.2) is 0 Å². The summed E-state index contributed by atoms with van der Waals surface area (Å²) in [6, 6.07) is 8.61. The lowest BCUT2D eigenvalue weighted by Gasteiger charge is -2.04. The van der Waals surface area contributed by atoms with Crippen molar-refractivity contribution in [3.63, 3.8) is 0 Å². The van der Waals surface area contributed by atoms with Crippen molar-refractivity contribution in [3.8, 4) is 0 Å². The second-order valence-electron chi connectivity index (χ2n) is 6.00. The summed E-state index contributed by atoms with van der Waals surface area (Å²) in [5.74, 6) is -0.524. The topological polar surface area (TPSA) is 64.7 Å². The summed E-state index contributed by atoms with van der Waals surface area (Å²) in [5.41, 5.74) is 0.819. The third-order valence-corrected chi connectivity index (χ3v) is 4.40. The monoisotopic (exact) mass is 441 g/mol. The van der Waals surface area contributed by atoms with E-state index >= 15 is 0 Å². The minimum atomic E-state index is -4.62. The number of hydrogen-bond acceptors (Lipinski definition) is 3. The zero-order chi connectivity index (χ0) is 19.8. The number of aryl methyl sites for hydroxylation is 2. The molecular weight excluding hydrogens is 427 g/mol. The number of carbonyl (C=O) groups excluding carboxylic acids is 1. The van der Waals surface area contributed by atoms with Crippen LogP contribution in [-0.2, 0) is 19.8 Å². The smallest absolute Gasteiger partial charge is 0.303 e. The second kappa shape index (κ2) is 7.18. The van der Waals surface area contributed by atoms with Crippen LogP contribution in [0.4, 0.5) is 19.0 Å². The van der Waals surface area contributed by atoms with Crippen molar-refractivity contribution in [2.24, 2.45) is 7.05 Å². The third kappa shape index (κ3) is 4.38. The molecule has 2 aromatic heterocycles. The van der Waals surface area contributed by atoms with Crippen LogP contribution < -0.4 is 5.32 Å². The number of carbonyl (C=O) groups is 1. The number of benzene rings is 1. The van der Waals surface area contributed by atoms with Crippen molar-refractivity contribution in [2.75, 3.05) is 5.32 Å². The number of alkyl halides is 3. The molecule has 0 radical (unpaired) electrons. The molecule has 6 nitrogen and oxygen atoms in total. The van der Waals surface area contributed by atoms with Gasteiger partial charge in [0.25, 0.3) is 5.91 Å². The van der Waals surface area contributed by atoms with Crippen LogP contribution in [0.1, 0.15) is 27.3 Å². The summed E-state index contributed by atoms with van der Waals surface area (Å²) in [6.45, 7) is 2.48. The molecule has 2 heterocycles. The quantitative estimate of drug-likeness (QED) is 0.665.